The lowest BCUT2D eigenvalue weighted by atomic mass is 10.2. The summed E-state index contributed by atoms with van der Waals surface area (Å²) in [6, 6.07) is 0. The molecule has 0 bridgehead atoms. The molecule has 0 N–H and O–H groups in total. The molecular formula is C18H30N6O. The number of carbonyl (C=O) groups is 1. The summed E-state index contributed by atoms with van der Waals surface area (Å²) in [7, 11) is 2.15. The SMILES string of the molecule is Cc1ncnc(N2CCN(C(=O)CN3CCCN(C)CC3)CC2)c1C. The van der Waals surface area contributed by atoms with E-state index in [2.05, 4.69) is 38.6 Å². The third-order valence-corrected chi connectivity index (χ3v) is 5.41. The van der Waals surface area contributed by atoms with Crippen LogP contribution in [0, 0.1) is 13.8 Å². The van der Waals surface area contributed by atoms with Gasteiger partial charge in [0.15, 0.2) is 0 Å². The maximum atomic E-state index is 12.7. The van der Waals surface area contributed by atoms with Crippen LogP contribution in [0.3, 0.4) is 0 Å². The Hall–Kier alpha value is -1.73. The molecule has 2 fully saturated rings. The average molecular weight is 346 g/mol. The standard InChI is InChI=1S/C18H30N6O/c1-15-16(2)19-14-20-18(15)24-11-9-23(10-12-24)17(25)13-22-6-4-5-21(3)7-8-22/h14H,4-13H2,1-3H3. The van der Waals surface area contributed by atoms with Crippen LogP contribution in [0.1, 0.15) is 17.7 Å². The van der Waals surface area contributed by atoms with Crippen LogP contribution in [0.15, 0.2) is 6.33 Å². The summed E-state index contributed by atoms with van der Waals surface area (Å²) in [4.78, 5) is 30.3. The lowest BCUT2D eigenvalue weighted by molar-refractivity contribution is -0.132. The first-order valence-corrected chi connectivity index (χ1v) is 9.26. The lowest BCUT2D eigenvalue weighted by Gasteiger charge is -2.37. The first kappa shape index (κ1) is 18.1. The van der Waals surface area contributed by atoms with Gasteiger partial charge in [0.2, 0.25) is 5.91 Å². The van der Waals surface area contributed by atoms with Crippen molar-refractivity contribution in [2.24, 2.45) is 0 Å². The molecule has 0 aliphatic carbocycles. The first-order chi connectivity index (χ1) is 12.0. The van der Waals surface area contributed by atoms with E-state index in [4.69, 9.17) is 0 Å². The quantitative estimate of drug-likeness (QED) is 0.789. The molecule has 2 saturated heterocycles. The van der Waals surface area contributed by atoms with E-state index >= 15 is 0 Å². The van der Waals surface area contributed by atoms with Crippen LogP contribution in [-0.2, 0) is 4.79 Å². The Labute approximate surface area is 150 Å². The molecule has 1 aromatic rings. The molecule has 1 aromatic heterocycles. The molecule has 7 heteroatoms. The van der Waals surface area contributed by atoms with Crippen LogP contribution in [0.5, 0.6) is 0 Å². The summed E-state index contributed by atoms with van der Waals surface area (Å²) in [6.07, 6.45) is 2.77. The Balaban J connectivity index is 1.51. The molecule has 0 aromatic carbocycles. The largest absolute Gasteiger partial charge is 0.353 e. The Kier molecular flexibility index (Phi) is 5.86. The molecule has 0 saturated carbocycles. The van der Waals surface area contributed by atoms with Crippen LogP contribution in [-0.4, -0.2) is 96.5 Å². The van der Waals surface area contributed by atoms with Gasteiger partial charge in [0.1, 0.15) is 12.1 Å². The highest BCUT2D eigenvalue weighted by Crippen LogP contribution is 2.19. The number of amides is 1. The molecule has 0 spiro atoms. The molecule has 2 aliphatic heterocycles. The van der Waals surface area contributed by atoms with Crippen molar-refractivity contribution in [3.63, 3.8) is 0 Å². The van der Waals surface area contributed by atoms with E-state index in [9.17, 15) is 4.79 Å². The van der Waals surface area contributed by atoms with Gasteiger partial charge in [-0.1, -0.05) is 0 Å². The zero-order chi connectivity index (χ0) is 17.8. The Morgan fingerprint density at radius 3 is 2.52 bits per heavy atom. The van der Waals surface area contributed by atoms with E-state index < -0.39 is 0 Å². The number of nitrogens with zero attached hydrogens (tertiary/aromatic N) is 6. The topological polar surface area (TPSA) is 55.8 Å². The van der Waals surface area contributed by atoms with E-state index in [1.165, 1.54) is 0 Å². The molecule has 25 heavy (non-hydrogen) atoms. The highest BCUT2D eigenvalue weighted by molar-refractivity contribution is 5.78. The van der Waals surface area contributed by atoms with Gasteiger partial charge >= 0.3 is 0 Å². The first-order valence-electron chi connectivity index (χ1n) is 9.26. The fourth-order valence-corrected chi connectivity index (χ4v) is 3.56. The molecule has 0 unspecified atom stereocenters. The van der Waals surface area contributed by atoms with Crippen molar-refractivity contribution in [1.82, 2.24) is 24.7 Å². The normalized spacial score (nSPS) is 20.6. The summed E-state index contributed by atoms with van der Waals surface area (Å²) in [6.45, 7) is 12.0. The number of hydrogen-bond acceptors (Lipinski definition) is 6. The number of hydrogen-bond donors (Lipinski definition) is 0. The minimum Gasteiger partial charge on any atom is -0.353 e. The van der Waals surface area contributed by atoms with E-state index in [1.54, 1.807) is 6.33 Å². The van der Waals surface area contributed by atoms with E-state index in [0.717, 1.165) is 75.9 Å². The van der Waals surface area contributed by atoms with Gasteiger partial charge in [-0.2, -0.15) is 0 Å². The van der Waals surface area contributed by atoms with Gasteiger partial charge in [0.25, 0.3) is 0 Å². The van der Waals surface area contributed by atoms with E-state index in [0.29, 0.717) is 6.54 Å². The van der Waals surface area contributed by atoms with Crippen molar-refractivity contribution in [3.05, 3.63) is 17.6 Å². The molecule has 1 amide bonds. The third kappa shape index (κ3) is 4.46. The molecular weight excluding hydrogens is 316 g/mol. The fraction of sp³-hybridized carbons (Fsp3) is 0.722. The van der Waals surface area contributed by atoms with E-state index in [-0.39, 0.29) is 5.91 Å². The fourth-order valence-electron chi connectivity index (χ4n) is 3.56. The van der Waals surface area contributed by atoms with Crippen molar-refractivity contribution >= 4 is 11.7 Å². The number of aryl methyl sites for hydroxylation is 1. The number of anilines is 1. The smallest absolute Gasteiger partial charge is 0.236 e. The monoisotopic (exact) mass is 346 g/mol. The number of rotatable bonds is 3. The van der Waals surface area contributed by atoms with E-state index in [1.807, 2.05) is 11.8 Å². The minimum absolute atomic E-state index is 0.264. The summed E-state index contributed by atoms with van der Waals surface area (Å²) in [5.74, 6) is 1.27. The molecule has 0 radical (unpaired) electrons. The molecule has 138 valence electrons. The van der Waals surface area contributed by atoms with Crippen LogP contribution >= 0.6 is 0 Å². The number of carbonyl (C=O) groups excluding carboxylic acids is 1. The van der Waals surface area contributed by atoms with Crippen molar-refractivity contribution in [1.29, 1.82) is 0 Å². The minimum atomic E-state index is 0.264. The Bertz CT molecular complexity index is 599. The van der Waals surface area contributed by atoms with Gasteiger partial charge < -0.3 is 14.7 Å². The third-order valence-electron chi connectivity index (χ3n) is 5.41. The Morgan fingerprint density at radius 1 is 1.00 bits per heavy atom. The predicted octanol–water partition coefficient (Wildman–Crippen LogP) is 0.380. The maximum Gasteiger partial charge on any atom is 0.236 e. The van der Waals surface area contributed by atoms with Crippen LogP contribution < -0.4 is 4.90 Å². The molecule has 7 nitrogen and oxygen atoms in total. The Morgan fingerprint density at radius 2 is 1.76 bits per heavy atom. The van der Waals surface area contributed by atoms with Gasteiger partial charge in [-0.25, -0.2) is 9.97 Å². The van der Waals surface area contributed by atoms with Gasteiger partial charge in [0.05, 0.1) is 6.54 Å². The predicted molar refractivity (Wildman–Crippen MR) is 98.9 cm³/mol. The summed E-state index contributed by atoms with van der Waals surface area (Å²) in [5, 5.41) is 0. The van der Waals surface area contributed by atoms with Crippen LogP contribution in [0.4, 0.5) is 5.82 Å². The van der Waals surface area contributed by atoms with Crippen LogP contribution in [0.25, 0.3) is 0 Å². The van der Waals surface area contributed by atoms with Gasteiger partial charge in [-0.3, -0.25) is 9.69 Å². The molecule has 3 heterocycles. The zero-order valence-corrected chi connectivity index (χ0v) is 15.7. The maximum absolute atomic E-state index is 12.7. The second-order valence-electron chi connectivity index (χ2n) is 7.21. The number of piperazine rings is 1. The van der Waals surface area contributed by atoms with Gasteiger partial charge in [-0.15, -0.1) is 0 Å². The van der Waals surface area contributed by atoms with Gasteiger partial charge in [-0.05, 0) is 40.4 Å². The summed E-state index contributed by atoms with van der Waals surface area (Å²) in [5.41, 5.74) is 2.16. The van der Waals surface area contributed by atoms with Crippen LogP contribution in [0.2, 0.25) is 0 Å². The van der Waals surface area contributed by atoms with Crippen molar-refractivity contribution in [2.75, 3.05) is 70.9 Å². The lowest BCUT2D eigenvalue weighted by Crippen LogP contribution is -2.51. The van der Waals surface area contributed by atoms with Crippen molar-refractivity contribution in [3.8, 4) is 0 Å². The van der Waals surface area contributed by atoms with Crippen molar-refractivity contribution < 1.29 is 4.79 Å². The molecule has 2 aliphatic rings. The second kappa shape index (κ2) is 8.10. The molecule has 3 rings (SSSR count). The number of aromatic nitrogens is 2. The van der Waals surface area contributed by atoms with Gasteiger partial charge in [0, 0.05) is 50.5 Å². The molecule has 0 atom stereocenters. The zero-order valence-electron chi connectivity index (χ0n) is 15.7. The second-order valence-corrected chi connectivity index (χ2v) is 7.21. The summed E-state index contributed by atoms with van der Waals surface area (Å²) < 4.78 is 0. The number of likely N-dealkylation sites (N-methyl/N-ethyl adjacent to an activating group) is 1. The summed E-state index contributed by atoms with van der Waals surface area (Å²) >= 11 is 0. The highest BCUT2D eigenvalue weighted by atomic mass is 16.2. The highest BCUT2D eigenvalue weighted by Gasteiger charge is 2.25. The average Bonchev–Trinajstić information content (AvgIpc) is 2.82. The van der Waals surface area contributed by atoms with Crippen molar-refractivity contribution in [2.45, 2.75) is 20.3 Å².